The lowest BCUT2D eigenvalue weighted by atomic mass is 9.97. The quantitative estimate of drug-likeness (QED) is 0.572. The Balaban J connectivity index is 3.88. The number of hydrogen-bond donors (Lipinski definition) is 0. The van der Waals surface area contributed by atoms with Crippen LogP contribution in [0.15, 0.2) is 0 Å². The molecule has 90 valence electrons. The average molecular weight is 214 g/mol. The van der Waals surface area contributed by atoms with Gasteiger partial charge in [-0.3, -0.25) is 4.79 Å². The fraction of sp³-hybridized carbons (Fsp3) is 0.923. The van der Waals surface area contributed by atoms with E-state index in [0.717, 1.165) is 32.1 Å². The highest BCUT2D eigenvalue weighted by molar-refractivity contribution is 5.69. The van der Waals surface area contributed by atoms with Gasteiger partial charge < -0.3 is 4.74 Å². The first kappa shape index (κ1) is 14.5. The first-order valence-electron chi connectivity index (χ1n) is 6.37. The fourth-order valence-corrected chi connectivity index (χ4v) is 1.78. The van der Waals surface area contributed by atoms with E-state index in [9.17, 15) is 4.79 Å². The number of carbonyl (C=O) groups excluding carboxylic acids is 1. The van der Waals surface area contributed by atoms with Crippen molar-refractivity contribution in [2.45, 2.75) is 72.3 Å². The number of ether oxygens (including phenoxy) is 1. The Morgan fingerprint density at radius 2 is 1.67 bits per heavy atom. The van der Waals surface area contributed by atoms with Crippen LogP contribution < -0.4 is 0 Å². The van der Waals surface area contributed by atoms with Crippen molar-refractivity contribution in [1.82, 2.24) is 0 Å². The molecule has 0 aliphatic heterocycles. The molecule has 0 bridgehead atoms. The zero-order valence-corrected chi connectivity index (χ0v) is 10.7. The van der Waals surface area contributed by atoms with E-state index in [1.54, 1.807) is 0 Å². The predicted octanol–water partition coefficient (Wildman–Crippen LogP) is 3.93. The summed E-state index contributed by atoms with van der Waals surface area (Å²) in [7, 11) is 0. The highest BCUT2D eigenvalue weighted by Crippen LogP contribution is 2.17. The molecule has 0 aromatic heterocycles. The molecule has 15 heavy (non-hydrogen) atoms. The summed E-state index contributed by atoms with van der Waals surface area (Å²) in [5.74, 6) is 0.501. The van der Waals surface area contributed by atoms with Crippen molar-refractivity contribution in [1.29, 1.82) is 0 Å². The summed E-state index contributed by atoms with van der Waals surface area (Å²) in [6.45, 7) is 8.43. The minimum absolute atomic E-state index is 0.0102. The second-order valence-electron chi connectivity index (χ2n) is 4.20. The summed E-state index contributed by atoms with van der Waals surface area (Å²) in [4.78, 5) is 11.6. The van der Waals surface area contributed by atoms with Crippen molar-refractivity contribution >= 4 is 5.97 Å². The van der Waals surface area contributed by atoms with E-state index in [4.69, 9.17) is 4.74 Å². The van der Waals surface area contributed by atoms with E-state index in [1.165, 1.54) is 0 Å². The molecule has 0 amide bonds. The minimum atomic E-state index is -0.0102. The Labute approximate surface area is 94.4 Å². The van der Waals surface area contributed by atoms with Crippen LogP contribution in [0, 0.1) is 5.92 Å². The van der Waals surface area contributed by atoms with Crippen molar-refractivity contribution in [3.63, 3.8) is 0 Å². The molecule has 1 unspecified atom stereocenters. The van der Waals surface area contributed by atoms with Gasteiger partial charge in [0.25, 0.3) is 0 Å². The molecule has 0 heterocycles. The molecular weight excluding hydrogens is 188 g/mol. The number of esters is 1. The minimum Gasteiger partial charge on any atom is -0.462 e. The topological polar surface area (TPSA) is 26.3 Å². The van der Waals surface area contributed by atoms with Crippen molar-refractivity contribution < 1.29 is 9.53 Å². The van der Waals surface area contributed by atoms with Crippen molar-refractivity contribution in [3.05, 3.63) is 0 Å². The third kappa shape index (κ3) is 6.53. The molecular formula is C13H26O2. The average Bonchev–Trinajstić information content (AvgIpc) is 2.25. The molecule has 0 radical (unpaired) electrons. The predicted molar refractivity (Wildman–Crippen MR) is 63.8 cm³/mol. The largest absolute Gasteiger partial charge is 0.462 e. The normalized spacial score (nSPS) is 12.9. The molecule has 0 rings (SSSR count). The van der Waals surface area contributed by atoms with Crippen LogP contribution in [-0.2, 0) is 9.53 Å². The third-order valence-electron chi connectivity index (χ3n) is 2.94. The molecule has 0 aromatic carbocycles. The van der Waals surface area contributed by atoms with Crippen LogP contribution in [0.25, 0.3) is 0 Å². The number of hydrogen-bond acceptors (Lipinski definition) is 2. The highest BCUT2D eigenvalue weighted by atomic mass is 16.5. The summed E-state index contributed by atoms with van der Waals surface area (Å²) >= 11 is 0. The molecule has 0 aliphatic rings. The van der Waals surface area contributed by atoms with Gasteiger partial charge in [-0.15, -0.1) is 0 Å². The molecule has 0 aliphatic carbocycles. The molecule has 0 saturated carbocycles. The lowest BCUT2D eigenvalue weighted by Crippen LogP contribution is -2.18. The molecule has 1 atom stereocenters. The number of carbonyl (C=O) groups is 1. The molecule has 2 nitrogen and oxygen atoms in total. The Kier molecular flexibility index (Phi) is 8.44. The van der Waals surface area contributed by atoms with E-state index in [2.05, 4.69) is 27.7 Å². The van der Waals surface area contributed by atoms with Crippen LogP contribution in [0.2, 0.25) is 0 Å². The lowest BCUT2D eigenvalue weighted by molar-refractivity contribution is -0.150. The SMILES string of the molecule is CCCC(CC)CC(=O)OC(CC)CC. The Hall–Kier alpha value is -0.530. The number of rotatable bonds is 8. The summed E-state index contributed by atoms with van der Waals surface area (Å²) in [6, 6.07) is 0. The maximum atomic E-state index is 11.6. The van der Waals surface area contributed by atoms with Crippen LogP contribution in [0.5, 0.6) is 0 Å². The summed E-state index contributed by atoms with van der Waals surface area (Å²) in [5, 5.41) is 0. The second kappa shape index (κ2) is 8.75. The fourth-order valence-electron chi connectivity index (χ4n) is 1.78. The Bertz CT molecular complexity index is 162. The van der Waals surface area contributed by atoms with Gasteiger partial charge in [0.05, 0.1) is 0 Å². The van der Waals surface area contributed by atoms with E-state index < -0.39 is 0 Å². The standard InChI is InChI=1S/C13H26O2/c1-5-9-11(6-2)10-13(14)15-12(7-3)8-4/h11-12H,5-10H2,1-4H3. The van der Waals surface area contributed by atoms with Gasteiger partial charge in [-0.25, -0.2) is 0 Å². The van der Waals surface area contributed by atoms with Crippen LogP contribution >= 0.6 is 0 Å². The van der Waals surface area contributed by atoms with Crippen LogP contribution in [0.3, 0.4) is 0 Å². The van der Waals surface area contributed by atoms with Crippen LogP contribution in [0.1, 0.15) is 66.2 Å². The van der Waals surface area contributed by atoms with E-state index in [0.29, 0.717) is 12.3 Å². The van der Waals surface area contributed by atoms with E-state index >= 15 is 0 Å². The first-order valence-corrected chi connectivity index (χ1v) is 6.37. The zero-order chi connectivity index (χ0) is 11.7. The maximum Gasteiger partial charge on any atom is 0.306 e. The molecule has 0 saturated heterocycles. The van der Waals surface area contributed by atoms with Gasteiger partial charge in [-0.1, -0.05) is 47.0 Å². The van der Waals surface area contributed by atoms with E-state index in [-0.39, 0.29) is 12.1 Å². The smallest absolute Gasteiger partial charge is 0.306 e. The van der Waals surface area contributed by atoms with Gasteiger partial charge in [-0.2, -0.15) is 0 Å². The lowest BCUT2D eigenvalue weighted by Gasteiger charge is -2.17. The van der Waals surface area contributed by atoms with E-state index in [1.807, 2.05) is 0 Å². The third-order valence-corrected chi connectivity index (χ3v) is 2.94. The van der Waals surface area contributed by atoms with Crippen molar-refractivity contribution in [2.24, 2.45) is 5.92 Å². The highest BCUT2D eigenvalue weighted by Gasteiger charge is 2.15. The van der Waals surface area contributed by atoms with Crippen LogP contribution in [0.4, 0.5) is 0 Å². The molecule has 0 fully saturated rings. The molecule has 0 N–H and O–H groups in total. The van der Waals surface area contributed by atoms with Gasteiger partial charge in [0.15, 0.2) is 0 Å². The van der Waals surface area contributed by atoms with Gasteiger partial charge in [0, 0.05) is 6.42 Å². The second-order valence-corrected chi connectivity index (χ2v) is 4.20. The van der Waals surface area contributed by atoms with Crippen molar-refractivity contribution in [3.8, 4) is 0 Å². The van der Waals surface area contributed by atoms with Crippen molar-refractivity contribution in [2.75, 3.05) is 0 Å². The van der Waals surface area contributed by atoms with Gasteiger partial charge in [0.1, 0.15) is 6.10 Å². The van der Waals surface area contributed by atoms with Gasteiger partial charge in [0.2, 0.25) is 0 Å². The molecule has 0 aromatic rings. The van der Waals surface area contributed by atoms with Crippen LogP contribution in [-0.4, -0.2) is 12.1 Å². The monoisotopic (exact) mass is 214 g/mol. The Morgan fingerprint density at radius 1 is 1.07 bits per heavy atom. The molecule has 2 heteroatoms. The summed E-state index contributed by atoms with van der Waals surface area (Å²) in [5.41, 5.74) is 0. The summed E-state index contributed by atoms with van der Waals surface area (Å²) < 4.78 is 5.39. The van der Waals surface area contributed by atoms with Gasteiger partial charge in [-0.05, 0) is 18.8 Å². The summed E-state index contributed by atoms with van der Waals surface area (Å²) in [6.07, 6.45) is 5.93. The van der Waals surface area contributed by atoms with Gasteiger partial charge >= 0.3 is 5.97 Å². The maximum absolute atomic E-state index is 11.6. The zero-order valence-electron chi connectivity index (χ0n) is 10.7. The first-order chi connectivity index (χ1) is 7.17. The Morgan fingerprint density at radius 3 is 2.07 bits per heavy atom. The molecule has 0 spiro atoms.